The Balaban J connectivity index is 1.40. The maximum absolute atomic E-state index is 13.3. The second kappa shape index (κ2) is 13.4. The van der Waals surface area contributed by atoms with Crippen molar-refractivity contribution in [2.75, 3.05) is 52.5 Å². The fourth-order valence-electron chi connectivity index (χ4n) is 5.21. The summed E-state index contributed by atoms with van der Waals surface area (Å²) in [6.45, 7) is 11.3. The molecule has 0 spiro atoms. The SMILES string of the molecule is CCOc1ccc(N=c2scc(-c3ccc(S(=O)(=O)N4CCC(C)CC4)cc3)n2CCCN2CCOCC2)cc1. The molecular formula is C30H40N4O4S2. The minimum Gasteiger partial charge on any atom is -0.494 e. The average Bonchev–Trinajstić information content (AvgIpc) is 3.37. The zero-order valence-electron chi connectivity index (χ0n) is 23.5. The zero-order chi connectivity index (χ0) is 28.0. The summed E-state index contributed by atoms with van der Waals surface area (Å²) in [4.78, 5) is 8.69. The molecule has 2 aliphatic rings. The number of hydrogen-bond acceptors (Lipinski definition) is 7. The fraction of sp³-hybridized carbons (Fsp3) is 0.500. The average molecular weight is 585 g/mol. The number of ether oxygens (including phenoxy) is 2. The Labute approximate surface area is 241 Å². The Morgan fingerprint density at radius 1 is 0.975 bits per heavy atom. The molecular weight excluding hydrogens is 544 g/mol. The molecule has 2 aliphatic heterocycles. The van der Waals surface area contributed by atoms with Crippen LogP contribution in [-0.2, 0) is 21.3 Å². The van der Waals surface area contributed by atoms with Crippen molar-refractivity contribution in [2.24, 2.45) is 10.9 Å². The number of nitrogens with zero attached hydrogens (tertiary/aromatic N) is 4. The maximum Gasteiger partial charge on any atom is 0.243 e. The highest BCUT2D eigenvalue weighted by molar-refractivity contribution is 7.89. The van der Waals surface area contributed by atoms with E-state index in [2.05, 4.69) is 21.8 Å². The summed E-state index contributed by atoms with van der Waals surface area (Å²) in [5.74, 6) is 1.41. The molecule has 40 heavy (non-hydrogen) atoms. The number of hydrogen-bond donors (Lipinski definition) is 0. The summed E-state index contributed by atoms with van der Waals surface area (Å²) < 4.78 is 41.5. The van der Waals surface area contributed by atoms with E-state index in [1.54, 1.807) is 27.8 Å². The van der Waals surface area contributed by atoms with Crippen LogP contribution in [0.25, 0.3) is 11.3 Å². The number of thiazole rings is 1. The van der Waals surface area contributed by atoms with E-state index in [4.69, 9.17) is 14.5 Å². The van der Waals surface area contributed by atoms with E-state index in [9.17, 15) is 8.42 Å². The van der Waals surface area contributed by atoms with Crippen LogP contribution in [0.15, 0.2) is 63.8 Å². The molecule has 0 saturated carbocycles. The van der Waals surface area contributed by atoms with Crippen molar-refractivity contribution in [1.29, 1.82) is 0 Å². The van der Waals surface area contributed by atoms with Gasteiger partial charge < -0.3 is 14.0 Å². The molecule has 0 amide bonds. The van der Waals surface area contributed by atoms with Crippen molar-refractivity contribution < 1.29 is 17.9 Å². The predicted molar refractivity (Wildman–Crippen MR) is 160 cm³/mol. The third-order valence-electron chi connectivity index (χ3n) is 7.66. The summed E-state index contributed by atoms with van der Waals surface area (Å²) >= 11 is 1.60. The fourth-order valence-corrected chi connectivity index (χ4v) is 7.63. The van der Waals surface area contributed by atoms with Crippen LogP contribution in [0, 0.1) is 5.92 Å². The van der Waals surface area contributed by atoms with Gasteiger partial charge in [-0.1, -0.05) is 19.1 Å². The Morgan fingerprint density at radius 3 is 2.35 bits per heavy atom. The van der Waals surface area contributed by atoms with Crippen LogP contribution in [0.5, 0.6) is 5.75 Å². The standard InChI is InChI=1S/C30H40N4O4S2/c1-3-38-27-9-7-26(8-10-27)31-30-34(16-4-15-32-19-21-37-22-20-32)29(23-39-30)25-5-11-28(12-6-25)40(35,36)33-17-13-24(2)14-18-33/h5-12,23-24H,3-4,13-22H2,1-2H3. The lowest BCUT2D eigenvalue weighted by Gasteiger charge is -2.29. The maximum atomic E-state index is 13.3. The van der Waals surface area contributed by atoms with Gasteiger partial charge in [0.25, 0.3) is 0 Å². The minimum absolute atomic E-state index is 0.360. The van der Waals surface area contributed by atoms with Gasteiger partial charge in [0.1, 0.15) is 5.75 Å². The monoisotopic (exact) mass is 584 g/mol. The lowest BCUT2D eigenvalue weighted by atomic mass is 10.0. The van der Waals surface area contributed by atoms with Gasteiger partial charge in [0.15, 0.2) is 4.80 Å². The highest BCUT2D eigenvalue weighted by Gasteiger charge is 2.28. The molecule has 0 radical (unpaired) electrons. The van der Waals surface area contributed by atoms with Crippen molar-refractivity contribution in [1.82, 2.24) is 13.8 Å². The van der Waals surface area contributed by atoms with Crippen LogP contribution >= 0.6 is 11.3 Å². The smallest absolute Gasteiger partial charge is 0.243 e. The molecule has 0 aliphatic carbocycles. The molecule has 0 bridgehead atoms. The first-order valence-corrected chi connectivity index (χ1v) is 16.6. The summed E-state index contributed by atoms with van der Waals surface area (Å²) in [5.41, 5.74) is 2.91. The molecule has 2 saturated heterocycles. The highest BCUT2D eigenvalue weighted by Crippen LogP contribution is 2.27. The summed E-state index contributed by atoms with van der Waals surface area (Å²) in [6.07, 6.45) is 2.81. The van der Waals surface area contributed by atoms with Gasteiger partial charge in [-0.05, 0) is 74.1 Å². The van der Waals surface area contributed by atoms with E-state index in [1.165, 1.54) is 0 Å². The highest BCUT2D eigenvalue weighted by atomic mass is 32.2. The quantitative estimate of drug-likeness (QED) is 0.336. The van der Waals surface area contributed by atoms with Crippen LogP contribution in [-0.4, -0.2) is 74.7 Å². The molecule has 0 N–H and O–H groups in total. The Hall–Kier alpha value is -2.50. The molecule has 3 heterocycles. The lowest BCUT2D eigenvalue weighted by molar-refractivity contribution is 0.0369. The zero-order valence-corrected chi connectivity index (χ0v) is 25.1. The van der Waals surface area contributed by atoms with Crippen LogP contribution in [0.1, 0.15) is 33.1 Å². The number of piperidine rings is 1. The first-order chi connectivity index (χ1) is 19.4. The molecule has 0 unspecified atom stereocenters. The predicted octanol–water partition coefficient (Wildman–Crippen LogP) is 4.99. The first kappa shape index (κ1) is 29.0. The van der Waals surface area contributed by atoms with E-state index < -0.39 is 10.0 Å². The van der Waals surface area contributed by atoms with Gasteiger partial charge in [-0.25, -0.2) is 13.4 Å². The van der Waals surface area contributed by atoms with Crippen molar-refractivity contribution in [3.63, 3.8) is 0 Å². The van der Waals surface area contributed by atoms with Crippen LogP contribution in [0.3, 0.4) is 0 Å². The third-order valence-corrected chi connectivity index (χ3v) is 10.4. The molecule has 3 aromatic rings. The van der Waals surface area contributed by atoms with Gasteiger partial charge >= 0.3 is 0 Å². The van der Waals surface area contributed by atoms with Gasteiger partial charge in [-0.15, -0.1) is 11.3 Å². The number of benzene rings is 2. The van der Waals surface area contributed by atoms with Crippen molar-refractivity contribution in [3.8, 4) is 17.0 Å². The molecule has 216 valence electrons. The van der Waals surface area contributed by atoms with Gasteiger partial charge in [0, 0.05) is 44.6 Å². The van der Waals surface area contributed by atoms with Crippen molar-refractivity contribution in [3.05, 3.63) is 58.7 Å². The summed E-state index contributed by atoms with van der Waals surface area (Å²) in [6, 6.07) is 15.2. The van der Waals surface area contributed by atoms with Gasteiger partial charge in [0.05, 0.1) is 36.1 Å². The molecule has 10 heteroatoms. The van der Waals surface area contributed by atoms with Crippen LogP contribution in [0.4, 0.5) is 5.69 Å². The molecule has 5 rings (SSSR count). The Morgan fingerprint density at radius 2 is 1.68 bits per heavy atom. The molecule has 1 aromatic heterocycles. The van der Waals surface area contributed by atoms with Gasteiger partial charge in [-0.2, -0.15) is 4.31 Å². The summed E-state index contributed by atoms with van der Waals surface area (Å²) in [7, 11) is -3.48. The largest absolute Gasteiger partial charge is 0.494 e. The molecule has 8 nitrogen and oxygen atoms in total. The number of aromatic nitrogens is 1. The Kier molecular flexibility index (Phi) is 9.75. The van der Waals surface area contributed by atoms with E-state index in [0.717, 1.165) is 86.2 Å². The molecule has 2 aromatic carbocycles. The topological polar surface area (TPSA) is 76.4 Å². The van der Waals surface area contributed by atoms with Gasteiger partial charge in [-0.3, -0.25) is 4.90 Å². The van der Waals surface area contributed by atoms with E-state index in [1.807, 2.05) is 43.3 Å². The minimum atomic E-state index is -3.48. The van der Waals surface area contributed by atoms with Crippen LogP contribution < -0.4 is 9.54 Å². The van der Waals surface area contributed by atoms with E-state index >= 15 is 0 Å². The number of morpholine rings is 1. The summed E-state index contributed by atoms with van der Waals surface area (Å²) in [5, 5.41) is 2.12. The first-order valence-electron chi connectivity index (χ1n) is 14.3. The van der Waals surface area contributed by atoms with E-state index in [-0.39, 0.29) is 0 Å². The second-order valence-corrected chi connectivity index (χ2v) is 13.3. The van der Waals surface area contributed by atoms with E-state index in [0.29, 0.717) is 30.5 Å². The molecule has 2 fully saturated rings. The van der Waals surface area contributed by atoms with Crippen molar-refractivity contribution in [2.45, 2.75) is 44.6 Å². The second-order valence-electron chi connectivity index (χ2n) is 10.5. The number of rotatable bonds is 10. The third kappa shape index (κ3) is 7.03. The van der Waals surface area contributed by atoms with Crippen molar-refractivity contribution >= 4 is 27.0 Å². The Bertz CT molecular complexity index is 1400. The van der Waals surface area contributed by atoms with Gasteiger partial charge in [0.2, 0.25) is 10.0 Å². The van der Waals surface area contributed by atoms with Crippen LogP contribution in [0.2, 0.25) is 0 Å². The number of sulfonamides is 1. The lowest BCUT2D eigenvalue weighted by Crippen LogP contribution is -2.37. The normalized spacial score (nSPS) is 18.3. The molecule has 0 atom stereocenters.